The van der Waals surface area contributed by atoms with Gasteiger partial charge in [0.2, 0.25) is 5.91 Å². The fraction of sp³-hybridized carbons (Fsp3) is 0.263. The molecule has 0 unspecified atom stereocenters. The van der Waals surface area contributed by atoms with Crippen molar-refractivity contribution in [2.75, 3.05) is 25.5 Å². The lowest BCUT2D eigenvalue weighted by molar-refractivity contribution is -0.143. The van der Waals surface area contributed by atoms with Crippen LogP contribution in [0.5, 0.6) is 5.75 Å². The van der Waals surface area contributed by atoms with E-state index in [4.69, 9.17) is 16.3 Å². The van der Waals surface area contributed by atoms with Crippen LogP contribution in [0.2, 0.25) is 5.02 Å². The van der Waals surface area contributed by atoms with E-state index >= 15 is 0 Å². The maximum absolute atomic E-state index is 12.9. The number of carbonyl (C=O) groups excluding carboxylic acids is 2. The van der Waals surface area contributed by atoms with Gasteiger partial charge >= 0.3 is 12.4 Å². The van der Waals surface area contributed by atoms with Crippen LogP contribution >= 0.6 is 11.6 Å². The number of para-hydroxylation sites is 1. The van der Waals surface area contributed by atoms with Crippen molar-refractivity contribution >= 4 is 29.1 Å². The van der Waals surface area contributed by atoms with E-state index in [1.54, 1.807) is 12.1 Å². The van der Waals surface area contributed by atoms with Crippen LogP contribution in [0.25, 0.3) is 0 Å². The first-order valence-electron chi connectivity index (χ1n) is 8.48. The lowest BCUT2D eigenvalue weighted by Gasteiger charge is -2.18. The maximum atomic E-state index is 12.9. The van der Waals surface area contributed by atoms with Crippen LogP contribution in [-0.4, -0.2) is 36.9 Å². The molecule has 0 aliphatic carbocycles. The first-order valence-corrected chi connectivity index (χ1v) is 8.86. The number of hydrogen-bond acceptors (Lipinski definition) is 3. The standard InChI is InChI=1S/C19H15ClF6N2O3/c1-28(9-16(29)27-15-5-3-2-4-14(15)20)17(30)10-31-13-7-11(18(21,22)23)6-12(8-13)19(24,25)26/h2-8H,9-10H2,1H3,(H,27,29). The van der Waals surface area contributed by atoms with Gasteiger partial charge in [0.15, 0.2) is 6.61 Å². The number of rotatable bonds is 6. The van der Waals surface area contributed by atoms with Gasteiger partial charge in [-0.3, -0.25) is 9.59 Å². The highest BCUT2D eigenvalue weighted by Gasteiger charge is 2.37. The number of benzene rings is 2. The van der Waals surface area contributed by atoms with Crippen LogP contribution in [0.3, 0.4) is 0 Å². The van der Waals surface area contributed by atoms with Crippen LogP contribution in [0.4, 0.5) is 32.0 Å². The molecule has 2 rings (SSSR count). The second-order valence-electron chi connectivity index (χ2n) is 6.31. The number of halogens is 7. The van der Waals surface area contributed by atoms with E-state index in [9.17, 15) is 35.9 Å². The fourth-order valence-electron chi connectivity index (χ4n) is 2.32. The molecule has 2 amide bonds. The number of ether oxygens (including phenoxy) is 1. The number of likely N-dealkylation sites (N-methyl/N-ethyl adjacent to an activating group) is 1. The summed E-state index contributed by atoms with van der Waals surface area (Å²) in [4.78, 5) is 25.0. The molecule has 0 saturated heterocycles. The SMILES string of the molecule is CN(CC(=O)Nc1ccccc1Cl)C(=O)COc1cc(C(F)(F)F)cc(C(F)(F)F)c1. The van der Waals surface area contributed by atoms with Crippen molar-refractivity contribution in [1.29, 1.82) is 0 Å². The van der Waals surface area contributed by atoms with Crippen LogP contribution in [0.1, 0.15) is 11.1 Å². The van der Waals surface area contributed by atoms with Crippen molar-refractivity contribution in [3.8, 4) is 5.75 Å². The largest absolute Gasteiger partial charge is 0.484 e. The average Bonchev–Trinajstić information content (AvgIpc) is 2.66. The van der Waals surface area contributed by atoms with E-state index in [0.717, 1.165) is 4.90 Å². The Labute approximate surface area is 177 Å². The van der Waals surface area contributed by atoms with Crippen molar-refractivity contribution in [1.82, 2.24) is 4.90 Å². The van der Waals surface area contributed by atoms with E-state index in [1.807, 2.05) is 0 Å². The summed E-state index contributed by atoms with van der Waals surface area (Å²) in [6.45, 7) is -1.34. The molecule has 0 heterocycles. The molecule has 2 aromatic carbocycles. The van der Waals surface area contributed by atoms with Gasteiger partial charge in [-0.1, -0.05) is 23.7 Å². The first-order chi connectivity index (χ1) is 14.3. The second kappa shape index (κ2) is 9.46. The molecule has 2 aromatic rings. The molecule has 1 N–H and O–H groups in total. The molecule has 0 aliphatic rings. The molecular weight excluding hydrogens is 454 g/mol. The van der Waals surface area contributed by atoms with E-state index in [0.29, 0.717) is 17.8 Å². The van der Waals surface area contributed by atoms with E-state index in [-0.39, 0.29) is 11.1 Å². The fourth-order valence-corrected chi connectivity index (χ4v) is 2.50. The van der Waals surface area contributed by atoms with Crippen LogP contribution in [0.15, 0.2) is 42.5 Å². The van der Waals surface area contributed by atoms with Gasteiger partial charge < -0.3 is 15.0 Å². The van der Waals surface area contributed by atoms with Crippen LogP contribution in [0, 0.1) is 0 Å². The number of nitrogens with one attached hydrogen (secondary N) is 1. The second-order valence-corrected chi connectivity index (χ2v) is 6.72. The number of carbonyl (C=O) groups is 2. The molecule has 168 valence electrons. The molecule has 0 fully saturated rings. The number of alkyl halides is 6. The molecule has 0 spiro atoms. The Hall–Kier alpha value is -2.95. The Kier molecular flexibility index (Phi) is 7.42. The van der Waals surface area contributed by atoms with E-state index < -0.39 is 54.2 Å². The quantitative estimate of drug-likeness (QED) is 0.616. The zero-order valence-corrected chi connectivity index (χ0v) is 16.5. The van der Waals surface area contributed by atoms with Gasteiger partial charge in [-0.2, -0.15) is 26.3 Å². The topological polar surface area (TPSA) is 58.6 Å². The van der Waals surface area contributed by atoms with Crippen LogP contribution in [-0.2, 0) is 21.9 Å². The molecule has 12 heteroatoms. The zero-order valence-electron chi connectivity index (χ0n) is 15.8. The molecule has 0 aliphatic heterocycles. The Bertz CT molecular complexity index is 930. The Morgan fingerprint density at radius 3 is 2.06 bits per heavy atom. The van der Waals surface area contributed by atoms with Crippen molar-refractivity contribution in [2.45, 2.75) is 12.4 Å². The smallest absolute Gasteiger partial charge is 0.416 e. The number of hydrogen-bond donors (Lipinski definition) is 1. The summed E-state index contributed by atoms with van der Waals surface area (Å²) in [6, 6.07) is 6.97. The molecule has 0 aromatic heterocycles. The van der Waals surface area contributed by atoms with Crippen molar-refractivity contribution in [2.24, 2.45) is 0 Å². The maximum Gasteiger partial charge on any atom is 0.416 e. The number of amides is 2. The lowest BCUT2D eigenvalue weighted by atomic mass is 10.1. The van der Waals surface area contributed by atoms with Crippen LogP contribution < -0.4 is 10.1 Å². The van der Waals surface area contributed by atoms with Crippen molar-refractivity contribution in [3.63, 3.8) is 0 Å². The molecule has 0 saturated carbocycles. The third-order valence-corrected chi connectivity index (χ3v) is 4.21. The minimum atomic E-state index is -5.04. The highest BCUT2D eigenvalue weighted by molar-refractivity contribution is 6.33. The molecule has 0 atom stereocenters. The minimum absolute atomic E-state index is 0.0557. The Balaban J connectivity index is 2.02. The monoisotopic (exact) mass is 468 g/mol. The highest BCUT2D eigenvalue weighted by atomic mass is 35.5. The van der Waals surface area contributed by atoms with Gasteiger partial charge in [-0.15, -0.1) is 0 Å². The first kappa shape index (κ1) is 24.3. The molecule has 0 bridgehead atoms. The predicted molar refractivity (Wildman–Crippen MR) is 99.7 cm³/mol. The summed E-state index contributed by atoms with van der Waals surface area (Å²) in [5.41, 5.74) is -2.84. The van der Waals surface area contributed by atoms with E-state index in [1.165, 1.54) is 19.2 Å². The van der Waals surface area contributed by atoms with Gasteiger partial charge in [0.1, 0.15) is 5.75 Å². The lowest BCUT2D eigenvalue weighted by Crippen LogP contribution is -2.37. The van der Waals surface area contributed by atoms with E-state index in [2.05, 4.69) is 5.32 Å². The Morgan fingerprint density at radius 1 is 1.00 bits per heavy atom. The summed E-state index contributed by atoms with van der Waals surface area (Å²) in [5, 5.41) is 2.72. The normalized spacial score (nSPS) is 11.7. The molecule has 5 nitrogen and oxygen atoms in total. The molecular formula is C19H15ClF6N2O3. The molecule has 31 heavy (non-hydrogen) atoms. The van der Waals surface area contributed by atoms with Crippen molar-refractivity contribution < 1.29 is 40.7 Å². The van der Waals surface area contributed by atoms with Gasteiger partial charge in [0, 0.05) is 7.05 Å². The summed E-state index contributed by atoms with van der Waals surface area (Å²) < 4.78 is 82.0. The average molecular weight is 469 g/mol. The summed E-state index contributed by atoms with van der Waals surface area (Å²) in [6.07, 6.45) is -10.1. The predicted octanol–water partition coefficient (Wildman–Crippen LogP) is 4.85. The number of anilines is 1. The molecule has 0 radical (unpaired) electrons. The minimum Gasteiger partial charge on any atom is -0.484 e. The van der Waals surface area contributed by atoms with Gasteiger partial charge in [-0.25, -0.2) is 0 Å². The summed E-state index contributed by atoms with van der Waals surface area (Å²) in [7, 11) is 1.21. The third-order valence-electron chi connectivity index (χ3n) is 3.88. The Morgan fingerprint density at radius 2 is 1.55 bits per heavy atom. The summed E-state index contributed by atoms with van der Waals surface area (Å²) >= 11 is 5.90. The van der Waals surface area contributed by atoms with Gasteiger partial charge in [-0.05, 0) is 30.3 Å². The van der Waals surface area contributed by atoms with Crippen molar-refractivity contribution in [3.05, 3.63) is 58.6 Å². The number of nitrogens with zero attached hydrogens (tertiary/aromatic N) is 1. The van der Waals surface area contributed by atoms with Gasteiger partial charge in [0.25, 0.3) is 5.91 Å². The third kappa shape index (κ3) is 7.06. The highest BCUT2D eigenvalue weighted by Crippen LogP contribution is 2.38. The van der Waals surface area contributed by atoms with Gasteiger partial charge in [0.05, 0.1) is 28.4 Å². The summed E-state index contributed by atoms with van der Waals surface area (Å²) in [5.74, 6) is -2.26. The zero-order chi connectivity index (χ0) is 23.4.